The van der Waals surface area contributed by atoms with Crippen molar-refractivity contribution in [1.82, 2.24) is 5.32 Å². The average molecular weight is 356 g/mol. The lowest BCUT2D eigenvalue weighted by molar-refractivity contribution is -0.385. The van der Waals surface area contributed by atoms with Gasteiger partial charge in [-0.2, -0.15) is 0 Å². The van der Waals surface area contributed by atoms with E-state index < -0.39 is 10.3 Å². The molecule has 0 aliphatic carbocycles. The van der Waals surface area contributed by atoms with Gasteiger partial charge < -0.3 is 10.6 Å². The third-order valence-electron chi connectivity index (χ3n) is 4.15. The Labute approximate surface area is 131 Å². The molecule has 114 valence electrons. The van der Waals surface area contributed by atoms with Crippen molar-refractivity contribution in [2.45, 2.75) is 20.3 Å². The molecule has 1 saturated heterocycles. The van der Waals surface area contributed by atoms with E-state index in [1.807, 2.05) is 13.8 Å². The van der Waals surface area contributed by atoms with Gasteiger partial charge in [0.1, 0.15) is 0 Å². The van der Waals surface area contributed by atoms with E-state index in [9.17, 15) is 14.9 Å². The second-order valence-corrected chi connectivity index (χ2v) is 6.47. The Bertz CT molecular complexity index is 569. The number of amides is 1. The van der Waals surface area contributed by atoms with Crippen LogP contribution in [-0.2, 0) is 4.79 Å². The van der Waals surface area contributed by atoms with Crippen molar-refractivity contribution >= 4 is 33.2 Å². The monoisotopic (exact) mass is 355 g/mol. The SMILES string of the molecule is CC(C)C1(C(=O)Nc2ccc([N+](=O)[O-])c(Br)c2)CCNC1. The molecule has 0 aromatic heterocycles. The van der Waals surface area contributed by atoms with Crippen LogP contribution in [0.25, 0.3) is 0 Å². The summed E-state index contributed by atoms with van der Waals surface area (Å²) in [6.45, 7) is 5.57. The van der Waals surface area contributed by atoms with E-state index in [4.69, 9.17) is 0 Å². The Morgan fingerprint density at radius 1 is 1.52 bits per heavy atom. The lowest BCUT2D eigenvalue weighted by atomic mass is 9.75. The Balaban J connectivity index is 2.19. The maximum Gasteiger partial charge on any atom is 0.283 e. The van der Waals surface area contributed by atoms with Crippen LogP contribution in [0.15, 0.2) is 22.7 Å². The van der Waals surface area contributed by atoms with E-state index in [2.05, 4.69) is 26.6 Å². The molecule has 1 aromatic carbocycles. The van der Waals surface area contributed by atoms with Crippen molar-refractivity contribution in [1.29, 1.82) is 0 Å². The van der Waals surface area contributed by atoms with Gasteiger partial charge in [-0.3, -0.25) is 14.9 Å². The van der Waals surface area contributed by atoms with Crippen LogP contribution >= 0.6 is 15.9 Å². The average Bonchev–Trinajstić information content (AvgIpc) is 2.88. The second kappa shape index (κ2) is 6.11. The molecule has 0 radical (unpaired) electrons. The fourth-order valence-corrected chi connectivity index (χ4v) is 3.17. The number of rotatable bonds is 4. The Hall–Kier alpha value is -1.47. The standard InChI is InChI=1S/C14H18BrN3O3/c1-9(2)14(5-6-16-8-14)13(19)17-10-3-4-12(18(20)21)11(15)7-10/h3-4,7,9,16H,5-6,8H2,1-2H3,(H,17,19). The summed E-state index contributed by atoms with van der Waals surface area (Å²) in [5, 5.41) is 16.9. The minimum absolute atomic E-state index is 0.0193. The quantitative estimate of drug-likeness (QED) is 0.642. The van der Waals surface area contributed by atoms with Gasteiger partial charge in [0.15, 0.2) is 0 Å². The van der Waals surface area contributed by atoms with Crippen molar-refractivity contribution in [3.8, 4) is 0 Å². The van der Waals surface area contributed by atoms with E-state index in [0.717, 1.165) is 13.0 Å². The molecular weight excluding hydrogens is 338 g/mol. The fourth-order valence-electron chi connectivity index (χ4n) is 2.65. The van der Waals surface area contributed by atoms with Gasteiger partial charge >= 0.3 is 0 Å². The number of nitrogens with one attached hydrogen (secondary N) is 2. The van der Waals surface area contributed by atoms with E-state index in [0.29, 0.717) is 16.7 Å². The molecule has 2 rings (SSSR count). The molecule has 1 amide bonds. The predicted molar refractivity (Wildman–Crippen MR) is 84.2 cm³/mol. The topological polar surface area (TPSA) is 84.3 Å². The second-order valence-electron chi connectivity index (χ2n) is 5.62. The van der Waals surface area contributed by atoms with Crippen LogP contribution < -0.4 is 10.6 Å². The van der Waals surface area contributed by atoms with Crippen molar-refractivity contribution in [3.05, 3.63) is 32.8 Å². The van der Waals surface area contributed by atoms with Gasteiger partial charge in [-0.05, 0) is 46.9 Å². The van der Waals surface area contributed by atoms with Gasteiger partial charge in [0.25, 0.3) is 5.69 Å². The van der Waals surface area contributed by atoms with Crippen molar-refractivity contribution in [2.75, 3.05) is 18.4 Å². The first-order valence-corrected chi connectivity index (χ1v) is 7.62. The van der Waals surface area contributed by atoms with E-state index in [1.165, 1.54) is 6.07 Å². The molecule has 21 heavy (non-hydrogen) atoms. The Kier molecular flexibility index (Phi) is 4.63. The minimum Gasteiger partial charge on any atom is -0.326 e. The summed E-state index contributed by atoms with van der Waals surface area (Å²) >= 11 is 3.16. The van der Waals surface area contributed by atoms with Crippen LogP contribution in [0.4, 0.5) is 11.4 Å². The van der Waals surface area contributed by atoms with Crippen molar-refractivity contribution < 1.29 is 9.72 Å². The van der Waals surface area contributed by atoms with E-state index >= 15 is 0 Å². The number of nitrogens with zero attached hydrogens (tertiary/aromatic N) is 1. The Morgan fingerprint density at radius 3 is 2.71 bits per heavy atom. The smallest absolute Gasteiger partial charge is 0.283 e. The number of nitro groups is 1. The number of nitro benzene ring substituents is 1. The molecule has 0 spiro atoms. The molecule has 0 bridgehead atoms. The first-order valence-electron chi connectivity index (χ1n) is 6.83. The molecule has 1 heterocycles. The summed E-state index contributed by atoms with van der Waals surface area (Å²) in [4.78, 5) is 22.9. The number of carbonyl (C=O) groups excluding carboxylic acids is 1. The third-order valence-corrected chi connectivity index (χ3v) is 4.78. The van der Waals surface area contributed by atoms with Crippen LogP contribution in [-0.4, -0.2) is 23.9 Å². The maximum atomic E-state index is 12.6. The predicted octanol–water partition coefficient (Wildman–Crippen LogP) is 2.93. The van der Waals surface area contributed by atoms with Crippen LogP contribution in [0.2, 0.25) is 0 Å². The summed E-state index contributed by atoms with van der Waals surface area (Å²) in [6.07, 6.45) is 0.796. The van der Waals surface area contributed by atoms with Crippen molar-refractivity contribution in [2.24, 2.45) is 11.3 Å². The number of carbonyl (C=O) groups is 1. The van der Waals surface area contributed by atoms with Gasteiger partial charge in [0.2, 0.25) is 5.91 Å². The Morgan fingerprint density at radius 2 is 2.24 bits per heavy atom. The van der Waals surface area contributed by atoms with E-state index in [1.54, 1.807) is 12.1 Å². The van der Waals surface area contributed by atoms with Gasteiger partial charge in [-0.15, -0.1) is 0 Å². The highest BCUT2D eigenvalue weighted by Crippen LogP contribution is 2.36. The molecule has 1 fully saturated rings. The summed E-state index contributed by atoms with van der Waals surface area (Å²) in [5.74, 6) is 0.178. The lowest BCUT2D eigenvalue weighted by Crippen LogP contribution is -2.42. The fraction of sp³-hybridized carbons (Fsp3) is 0.500. The molecule has 1 unspecified atom stereocenters. The number of benzene rings is 1. The van der Waals surface area contributed by atoms with Crippen LogP contribution in [0.1, 0.15) is 20.3 Å². The van der Waals surface area contributed by atoms with Crippen LogP contribution in [0, 0.1) is 21.4 Å². The zero-order chi connectivity index (χ0) is 15.6. The highest BCUT2D eigenvalue weighted by atomic mass is 79.9. The molecule has 1 aliphatic heterocycles. The lowest BCUT2D eigenvalue weighted by Gasteiger charge is -2.31. The normalized spacial score (nSPS) is 21.5. The minimum atomic E-state index is -0.466. The number of hydrogen-bond donors (Lipinski definition) is 2. The molecule has 1 aromatic rings. The van der Waals surface area contributed by atoms with Crippen LogP contribution in [0.5, 0.6) is 0 Å². The molecule has 6 nitrogen and oxygen atoms in total. The first-order chi connectivity index (χ1) is 9.86. The molecule has 1 atom stereocenters. The van der Waals surface area contributed by atoms with Crippen molar-refractivity contribution in [3.63, 3.8) is 0 Å². The third kappa shape index (κ3) is 3.08. The maximum absolute atomic E-state index is 12.6. The first kappa shape index (κ1) is 15.9. The van der Waals surface area contributed by atoms with Crippen LogP contribution in [0.3, 0.4) is 0 Å². The number of hydrogen-bond acceptors (Lipinski definition) is 4. The highest BCUT2D eigenvalue weighted by molar-refractivity contribution is 9.10. The summed E-state index contributed by atoms with van der Waals surface area (Å²) in [5.41, 5.74) is 0.118. The zero-order valence-corrected chi connectivity index (χ0v) is 13.6. The highest BCUT2D eigenvalue weighted by Gasteiger charge is 2.43. The van der Waals surface area contributed by atoms with Gasteiger partial charge in [0, 0.05) is 18.3 Å². The molecule has 7 heteroatoms. The largest absolute Gasteiger partial charge is 0.326 e. The van der Waals surface area contributed by atoms with Gasteiger partial charge in [-0.25, -0.2) is 0 Å². The summed E-state index contributed by atoms with van der Waals surface area (Å²) < 4.78 is 0.355. The molecule has 1 aliphatic rings. The zero-order valence-electron chi connectivity index (χ0n) is 12.0. The number of halogens is 1. The summed E-state index contributed by atoms with van der Waals surface area (Å²) in [7, 11) is 0. The van der Waals surface area contributed by atoms with E-state index in [-0.39, 0.29) is 17.5 Å². The molecule has 2 N–H and O–H groups in total. The van der Waals surface area contributed by atoms with Gasteiger partial charge in [-0.1, -0.05) is 13.8 Å². The number of anilines is 1. The van der Waals surface area contributed by atoms with Gasteiger partial charge in [0.05, 0.1) is 14.8 Å². The summed E-state index contributed by atoms with van der Waals surface area (Å²) in [6, 6.07) is 4.50. The molecule has 0 saturated carbocycles. The molecular formula is C14H18BrN3O3.